The van der Waals surface area contributed by atoms with Crippen LogP contribution in [0.25, 0.3) is 0 Å². The molecule has 0 spiro atoms. The SMILES string of the molecule is O=C(CCc1ccnc(N2CCOCC2)c1)NCc1cnccn1. The van der Waals surface area contributed by atoms with Crippen molar-refractivity contribution in [1.82, 2.24) is 20.3 Å². The number of anilines is 1. The van der Waals surface area contributed by atoms with E-state index >= 15 is 0 Å². The molecule has 0 aliphatic carbocycles. The Morgan fingerprint density at radius 1 is 1.21 bits per heavy atom. The normalized spacial score (nSPS) is 14.4. The second-order valence-electron chi connectivity index (χ2n) is 5.60. The van der Waals surface area contributed by atoms with E-state index in [-0.39, 0.29) is 5.91 Å². The van der Waals surface area contributed by atoms with Gasteiger partial charge in [0.2, 0.25) is 5.91 Å². The van der Waals surface area contributed by atoms with Crippen molar-refractivity contribution in [2.45, 2.75) is 19.4 Å². The summed E-state index contributed by atoms with van der Waals surface area (Å²) in [7, 11) is 0. The standard InChI is InChI=1S/C17H21N5O2/c23-17(21-13-15-12-18-5-6-19-15)2-1-14-3-4-20-16(11-14)22-7-9-24-10-8-22/h3-6,11-12H,1-2,7-10,13H2,(H,21,23). The van der Waals surface area contributed by atoms with Gasteiger partial charge in [-0.15, -0.1) is 0 Å². The summed E-state index contributed by atoms with van der Waals surface area (Å²) in [5.41, 5.74) is 1.87. The Labute approximate surface area is 141 Å². The van der Waals surface area contributed by atoms with Crippen LogP contribution in [0.1, 0.15) is 17.7 Å². The van der Waals surface area contributed by atoms with E-state index in [2.05, 4.69) is 31.2 Å². The van der Waals surface area contributed by atoms with Crippen molar-refractivity contribution in [1.29, 1.82) is 0 Å². The molecule has 0 aromatic carbocycles. The molecule has 0 bridgehead atoms. The number of ether oxygens (including phenoxy) is 1. The van der Waals surface area contributed by atoms with Gasteiger partial charge in [0.05, 0.1) is 31.6 Å². The summed E-state index contributed by atoms with van der Waals surface area (Å²) < 4.78 is 5.36. The van der Waals surface area contributed by atoms with Crippen molar-refractivity contribution < 1.29 is 9.53 Å². The Bertz CT molecular complexity index is 659. The van der Waals surface area contributed by atoms with Crippen LogP contribution in [0.2, 0.25) is 0 Å². The van der Waals surface area contributed by atoms with Gasteiger partial charge < -0.3 is 15.0 Å². The molecular formula is C17H21N5O2. The van der Waals surface area contributed by atoms with Crippen LogP contribution < -0.4 is 10.2 Å². The van der Waals surface area contributed by atoms with Gasteiger partial charge in [-0.2, -0.15) is 0 Å². The third kappa shape index (κ3) is 4.73. The van der Waals surface area contributed by atoms with Crippen molar-refractivity contribution in [2.24, 2.45) is 0 Å². The average molecular weight is 327 g/mol. The maximum absolute atomic E-state index is 12.0. The fourth-order valence-electron chi connectivity index (χ4n) is 2.54. The smallest absolute Gasteiger partial charge is 0.220 e. The highest BCUT2D eigenvalue weighted by atomic mass is 16.5. The van der Waals surface area contributed by atoms with Crippen LogP contribution in [-0.4, -0.2) is 47.2 Å². The average Bonchev–Trinajstić information content (AvgIpc) is 2.66. The molecule has 24 heavy (non-hydrogen) atoms. The molecule has 3 rings (SSSR count). The van der Waals surface area contributed by atoms with Crippen molar-refractivity contribution in [3.63, 3.8) is 0 Å². The highest BCUT2D eigenvalue weighted by Crippen LogP contribution is 2.15. The van der Waals surface area contributed by atoms with Crippen LogP contribution in [-0.2, 0) is 22.5 Å². The van der Waals surface area contributed by atoms with Crippen LogP contribution in [0, 0.1) is 0 Å². The van der Waals surface area contributed by atoms with E-state index < -0.39 is 0 Å². The molecule has 3 heterocycles. The van der Waals surface area contributed by atoms with Gasteiger partial charge >= 0.3 is 0 Å². The van der Waals surface area contributed by atoms with Crippen molar-refractivity contribution in [3.05, 3.63) is 48.2 Å². The molecule has 1 saturated heterocycles. The lowest BCUT2D eigenvalue weighted by atomic mass is 10.1. The molecule has 1 amide bonds. The monoisotopic (exact) mass is 327 g/mol. The number of carbonyl (C=O) groups is 1. The summed E-state index contributed by atoms with van der Waals surface area (Å²) in [5.74, 6) is 0.959. The number of pyridine rings is 1. The molecule has 0 radical (unpaired) electrons. The van der Waals surface area contributed by atoms with Crippen LogP contribution >= 0.6 is 0 Å². The van der Waals surface area contributed by atoms with E-state index in [0.29, 0.717) is 19.4 Å². The zero-order valence-electron chi connectivity index (χ0n) is 13.5. The Balaban J connectivity index is 1.48. The largest absolute Gasteiger partial charge is 0.378 e. The van der Waals surface area contributed by atoms with E-state index in [4.69, 9.17) is 4.74 Å². The minimum atomic E-state index is 0.00499. The molecule has 0 saturated carbocycles. The first-order valence-corrected chi connectivity index (χ1v) is 8.10. The summed E-state index contributed by atoms with van der Waals surface area (Å²) in [6, 6.07) is 4.02. The summed E-state index contributed by atoms with van der Waals surface area (Å²) in [4.78, 5) is 26.7. The third-order valence-corrected chi connectivity index (χ3v) is 3.87. The first kappa shape index (κ1) is 16.3. The van der Waals surface area contributed by atoms with Gasteiger partial charge in [0.25, 0.3) is 0 Å². The van der Waals surface area contributed by atoms with Crippen molar-refractivity contribution >= 4 is 11.7 Å². The van der Waals surface area contributed by atoms with E-state index in [9.17, 15) is 4.79 Å². The van der Waals surface area contributed by atoms with Gasteiger partial charge in [-0.1, -0.05) is 0 Å². The number of amides is 1. The number of carbonyl (C=O) groups excluding carboxylic acids is 1. The maximum atomic E-state index is 12.0. The quantitative estimate of drug-likeness (QED) is 0.851. The number of nitrogens with zero attached hydrogens (tertiary/aromatic N) is 4. The highest BCUT2D eigenvalue weighted by molar-refractivity contribution is 5.76. The lowest BCUT2D eigenvalue weighted by Gasteiger charge is -2.28. The molecule has 7 nitrogen and oxygen atoms in total. The molecule has 1 aliphatic rings. The Hall–Kier alpha value is -2.54. The summed E-state index contributed by atoms with van der Waals surface area (Å²) in [6.45, 7) is 3.58. The van der Waals surface area contributed by atoms with Gasteiger partial charge in [0.15, 0.2) is 0 Å². The Morgan fingerprint density at radius 2 is 2.08 bits per heavy atom. The van der Waals surface area contributed by atoms with Gasteiger partial charge in [-0.25, -0.2) is 4.98 Å². The van der Waals surface area contributed by atoms with Crippen LogP contribution in [0.5, 0.6) is 0 Å². The number of rotatable bonds is 6. The molecule has 0 atom stereocenters. The van der Waals surface area contributed by atoms with Gasteiger partial charge in [0, 0.05) is 38.1 Å². The number of nitrogens with one attached hydrogen (secondary N) is 1. The molecule has 7 heteroatoms. The zero-order chi connectivity index (χ0) is 16.6. The maximum Gasteiger partial charge on any atom is 0.220 e. The van der Waals surface area contributed by atoms with E-state index in [1.54, 1.807) is 24.8 Å². The molecule has 126 valence electrons. The molecule has 1 aliphatic heterocycles. The lowest BCUT2D eigenvalue weighted by molar-refractivity contribution is -0.121. The number of hydrogen-bond acceptors (Lipinski definition) is 6. The number of morpholine rings is 1. The zero-order valence-corrected chi connectivity index (χ0v) is 13.5. The van der Waals surface area contributed by atoms with Crippen LogP contribution in [0.3, 0.4) is 0 Å². The first-order valence-electron chi connectivity index (χ1n) is 8.10. The van der Waals surface area contributed by atoms with Crippen LogP contribution in [0.4, 0.5) is 5.82 Å². The molecule has 1 fully saturated rings. The van der Waals surface area contributed by atoms with E-state index in [1.807, 2.05) is 6.07 Å². The molecular weight excluding hydrogens is 306 g/mol. The van der Waals surface area contributed by atoms with Crippen molar-refractivity contribution in [3.8, 4) is 0 Å². The molecule has 2 aromatic heterocycles. The third-order valence-electron chi connectivity index (χ3n) is 3.87. The molecule has 1 N–H and O–H groups in total. The second-order valence-corrected chi connectivity index (χ2v) is 5.60. The van der Waals surface area contributed by atoms with E-state index in [0.717, 1.165) is 43.4 Å². The fraction of sp³-hybridized carbons (Fsp3) is 0.412. The number of aryl methyl sites for hydroxylation is 1. The predicted molar refractivity (Wildman–Crippen MR) is 89.5 cm³/mol. The number of hydrogen-bond donors (Lipinski definition) is 1. The molecule has 0 unspecified atom stereocenters. The van der Waals surface area contributed by atoms with Crippen LogP contribution in [0.15, 0.2) is 36.9 Å². The summed E-state index contributed by atoms with van der Waals surface area (Å²) in [6.07, 6.45) is 7.81. The lowest BCUT2D eigenvalue weighted by Crippen LogP contribution is -2.36. The fourth-order valence-corrected chi connectivity index (χ4v) is 2.54. The van der Waals surface area contributed by atoms with Gasteiger partial charge in [-0.3, -0.25) is 14.8 Å². The minimum Gasteiger partial charge on any atom is -0.378 e. The topological polar surface area (TPSA) is 80.2 Å². The summed E-state index contributed by atoms with van der Waals surface area (Å²) in [5, 5.41) is 2.86. The van der Waals surface area contributed by atoms with E-state index in [1.165, 1.54) is 0 Å². The summed E-state index contributed by atoms with van der Waals surface area (Å²) >= 11 is 0. The van der Waals surface area contributed by atoms with Gasteiger partial charge in [0.1, 0.15) is 5.82 Å². The predicted octanol–water partition coefficient (Wildman–Crippen LogP) is 0.957. The Kier molecular flexibility index (Phi) is 5.68. The number of aromatic nitrogens is 3. The highest BCUT2D eigenvalue weighted by Gasteiger charge is 2.12. The second kappa shape index (κ2) is 8.35. The minimum absolute atomic E-state index is 0.00499. The van der Waals surface area contributed by atoms with Gasteiger partial charge in [-0.05, 0) is 24.1 Å². The molecule has 2 aromatic rings. The van der Waals surface area contributed by atoms with Crippen molar-refractivity contribution in [2.75, 3.05) is 31.2 Å². The Morgan fingerprint density at radius 3 is 2.88 bits per heavy atom. The first-order chi connectivity index (χ1) is 11.8.